The van der Waals surface area contributed by atoms with E-state index in [0.717, 1.165) is 29.7 Å². The van der Waals surface area contributed by atoms with Crippen LogP contribution in [0.4, 0.5) is 5.69 Å². The molecule has 2 aromatic carbocycles. The van der Waals surface area contributed by atoms with E-state index in [9.17, 15) is 9.59 Å². The highest BCUT2D eigenvalue weighted by Gasteiger charge is 2.27. The summed E-state index contributed by atoms with van der Waals surface area (Å²) in [6, 6.07) is 13.2. The van der Waals surface area contributed by atoms with Crippen molar-refractivity contribution in [2.45, 2.75) is 19.8 Å². The second-order valence-corrected chi connectivity index (χ2v) is 6.14. The number of carbonyl (C=O) groups excluding carboxylic acids is 1. The fourth-order valence-corrected chi connectivity index (χ4v) is 3.24. The fourth-order valence-electron chi connectivity index (χ4n) is 3.24. The zero-order chi connectivity index (χ0) is 16.7. The first kappa shape index (κ1) is 14.6. The second kappa shape index (κ2) is 5.60. The minimum atomic E-state index is -0.339. The summed E-state index contributed by atoms with van der Waals surface area (Å²) in [5, 5.41) is 7.35. The molecule has 1 aliphatic heterocycles. The van der Waals surface area contributed by atoms with E-state index in [4.69, 9.17) is 0 Å². The van der Waals surface area contributed by atoms with Gasteiger partial charge in [0, 0.05) is 17.6 Å². The van der Waals surface area contributed by atoms with Crippen molar-refractivity contribution in [2.24, 2.45) is 0 Å². The number of carbonyl (C=O) groups is 1. The first-order chi connectivity index (χ1) is 11.6. The minimum Gasteiger partial charge on any atom is -0.307 e. The van der Waals surface area contributed by atoms with Gasteiger partial charge >= 0.3 is 0 Å². The van der Waals surface area contributed by atoms with Crippen molar-refractivity contribution in [1.29, 1.82) is 0 Å². The van der Waals surface area contributed by atoms with Crippen molar-refractivity contribution >= 4 is 22.5 Å². The lowest BCUT2D eigenvalue weighted by Crippen LogP contribution is -2.39. The van der Waals surface area contributed by atoms with Crippen LogP contribution in [0.2, 0.25) is 0 Å². The van der Waals surface area contributed by atoms with Crippen LogP contribution >= 0.6 is 0 Å². The number of anilines is 1. The standard InChI is InChI=1S/C19H17N3O2/c1-12-8-9-13-5-4-10-22(16(13)11-12)19(24)17-18(23)14-6-2-3-7-15(14)20-21-17/h2-3,6-9,11H,4-5,10H2,1H3,(H,20,23). The number of fused-ring (bicyclic) bond motifs is 2. The lowest BCUT2D eigenvalue weighted by atomic mass is 9.99. The van der Waals surface area contributed by atoms with Gasteiger partial charge in [0.2, 0.25) is 5.43 Å². The van der Waals surface area contributed by atoms with Gasteiger partial charge in [0.05, 0.1) is 5.52 Å². The third-order valence-corrected chi connectivity index (χ3v) is 4.48. The van der Waals surface area contributed by atoms with E-state index in [1.54, 1.807) is 23.1 Å². The van der Waals surface area contributed by atoms with Crippen molar-refractivity contribution in [3.05, 3.63) is 69.5 Å². The molecule has 5 heteroatoms. The van der Waals surface area contributed by atoms with Crippen molar-refractivity contribution in [1.82, 2.24) is 10.2 Å². The zero-order valence-corrected chi connectivity index (χ0v) is 13.4. The smallest absolute Gasteiger partial charge is 0.282 e. The number of nitrogens with zero attached hydrogens (tertiary/aromatic N) is 2. The van der Waals surface area contributed by atoms with Gasteiger partial charge in [0.1, 0.15) is 0 Å². The Bertz CT molecular complexity index is 1010. The lowest BCUT2D eigenvalue weighted by molar-refractivity contribution is 0.0978. The summed E-state index contributed by atoms with van der Waals surface area (Å²) >= 11 is 0. The number of aryl methyl sites for hydroxylation is 2. The zero-order valence-electron chi connectivity index (χ0n) is 13.4. The average Bonchev–Trinajstić information content (AvgIpc) is 2.61. The molecule has 0 radical (unpaired) electrons. The number of nitrogens with one attached hydrogen (secondary N) is 1. The van der Waals surface area contributed by atoms with E-state index in [-0.39, 0.29) is 17.0 Å². The van der Waals surface area contributed by atoms with Gasteiger partial charge in [0.15, 0.2) is 5.69 Å². The van der Waals surface area contributed by atoms with Gasteiger partial charge in [-0.05, 0) is 49.1 Å². The number of H-pyrrole nitrogens is 1. The summed E-state index contributed by atoms with van der Waals surface area (Å²) in [6.45, 7) is 2.60. The Kier molecular flexibility index (Phi) is 3.41. The highest BCUT2D eigenvalue weighted by molar-refractivity contribution is 6.06. The molecule has 0 fully saturated rings. The quantitative estimate of drug-likeness (QED) is 0.750. The number of para-hydroxylation sites is 1. The number of benzene rings is 2. The molecule has 0 spiro atoms. The number of aromatic amines is 1. The van der Waals surface area contributed by atoms with Crippen LogP contribution in [0.3, 0.4) is 0 Å². The van der Waals surface area contributed by atoms with Gasteiger partial charge in [0.25, 0.3) is 5.91 Å². The molecule has 1 N–H and O–H groups in total. The Labute approximate surface area is 138 Å². The van der Waals surface area contributed by atoms with Crippen molar-refractivity contribution < 1.29 is 4.79 Å². The SMILES string of the molecule is Cc1ccc2c(c1)N(C(=O)c1n[nH]c3ccccc3c1=O)CCC2. The molecule has 5 nitrogen and oxygen atoms in total. The molecular formula is C19H17N3O2. The number of hydrogen-bond donors (Lipinski definition) is 1. The highest BCUT2D eigenvalue weighted by atomic mass is 16.2. The van der Waals surface area contributed by atoms with E-state index >= 15 is 0 Å². The van der Waals surface area contributed by atoms with Crippen LogP contribution in [0.15, 0.2) is 47.3 Å². The summed E-state index contributed by atoms with van der Waals surface area (Å²) < 4.78 is 0. The van der Waals surface area contributed by atoms with Crippen molar-refractivity contribution in [3.63, 3.8) is 0 Å². The molecule has 1 aliphatic rings. The molecule has 0 saturated heterocycles. The minimum absolute atomic E-state index is 0.0527. The molecule has 4 rings (SSSR count). The second-order valence-electron chi connectivity index (χ2n) is 6.14. The van der Waals surface area contributed by atoms with Gasteiger partial charge in [-0.15, -0.1) is 0 Å². The van der Waals surface area contributed by atoms with Crippen LogP contribution in [-0.2, 0) is 6.42 Å². The number of rotatable bonds is 1. The summed E-state index contributed by atoms with van der Waals surface area (Å²) in [5.41, 5.74) is 3.37. The Hall–Kier alpha value is -2.95. The molecule has 0 atom stereocenters. The maximum Gasteiger partial charge on any atom is 0.282 e. The normalized spacial score (nSPS) is 13.8. The van der Waals surface area contributed by atoms with Gasteiger partial charge in [-0.3, -0.25) is 14.7 Å². The van der Waals surface area contributed by atoms with Crippen LogP contribution in [0, 0.1) is 6.92 Å². The van der Waals surface area contributed by atoms with E-state index in [1.807, 2.05) is 25.1 Å². The molecule has 0 bridgehead atoms. The van der Waals surface area contributed by atoms with E-state index in [1.165, 1.54) is 0 Å². The molecule has 0 saturated carbocycles. The molecule has 120 valence electrons. The predicted molar refractivity (Wildman–Crippen MR) is 93.5 cm³/mol. The molecular weight excluding hydrogens is 302 g/mol. The van der Waals surface area contributed by atoms with Gasteiger partial charge in [-0.25, -0.2) is 0 Å². The van der Waals surface area contributed by atoms with Crippen LogP contribution in [0.5, 0.6) is 0 Å². The lowest BCUT2D eigenvalue weighted by Gasteiger charge is -2.29. The topological polar surface area (TPSA) is 66.1 Å². The predicted octanol–water partition coefficient (Wildman–Crippen LogP) is 2.82. The summed E-state index contributed by atoms with van der Waals surface area (Å²) in [6.07, 6.45) is 1.83. The van der Waals surface area contributed by atoms with Gasteiger partial charge in [-0.1, -0.05) is 24.3 Å². The van der Waals surface area contributed by atoms with Crippen LogP contribution < -0.4 is 10.3 Å². The van der Waals surface area contributed by atoms with Crippen molar-refractivity contribution in [2.75, 3.05) is 11.4 Å². The first-order valence-electron chi connectivity index (χ1n) is 8.04. The molecule has 1 aromatic heterocycles. The molecule has 1 amide bonds. The average molecular weight is 319 g/mol. The van der Waals surface area contributed by atoms with Crippen LogP contribution in [0.1, 0.15) is 28.0 Å². The van der Waals surface area contributed by atoms with Gasteiger partial charge < -0.3 is 4.90 Å². The molecule has 24 heavy (non-hydrogen) atoms. The monoisotopic (exact) mass is 319 g/mol. The Morgan fingerprint density at radius 3 is 2.92 bits per heavy atom. The molecule has 0 unspecified atom stereocenters. The molecule has 0 aliphatic carbocycles. The van der Waals surface area contributed by atoms with E-state index in [0.29, 0.717) is 17.4 Å². The summed E-state index contributed by atoms with van der Waals surface area (Å²) in [5.74, 6) is -0.339. The van der Waals surface area contributed by atoms with Crippen molar-refractivity contribution in [3.8, 4) is 0 Å². The molecule has 3 aromatic rings. The van der Waals surface area contributed by atoms with Gasteiger partial charge in [-0.2, -0.15) is 5.10 Å². The Morgan fingerprint density at radius 1 is 1.21 bits per heavy atom. The number of hydrogen-bond acceptors (Lipinski definition) is 3. The molecule has 2 heterocycles. The maximum absolute atomic E-state index is 13.0. The Balaban J connectivity index is 1.82. The van der Waals surface area contributed by atoms with E-state index in [2.05, 4.69) is 16.3 Å². The maximum atomic E-state index is 13.0. The Morgan fingerprint density at radius 2 is 2.04 bits per heavy atom. The number of amides is 1. The first-order valence-corrected chi connectivity index (χ1v) is 8.04. The van der Waals surface area contributed by atoms with E-state index < -0.39 is 0 Å². The highest BCUT2D eigenvalue weighted by Crippen LogP contribution is 2.29. The third kappa shape index (κ3) is 2.29. The summed E-state index contributed by atoms with van der Waals surface area (Å²) in [7, 11) is 0. The fraction of sp³-hybridized carbons (Fsp3) is 0.211. The summed E-state index contributed by atoms with van der Waals surface area (Å²) in [4.78, 5) is 27.3. The number of aromatic nitrogens is 2. The largest absolute Gasteiger partial charge is 0.307 e. The third-order valence-electron chi connectivity index (χ3n) is 4.48. The van der Waals surface area contributed by atoms with Crippen LogP contribution in [-0.4, -0.2) is 22.6 Å². The van der Waals surface area contributed by atoms with Crippen LogP contribution in [0.25, 0.3) is 10.9 Å².